The van der Waals surface area contributed by atoms with E-state index in [4.69, 9.17) is 0 Å². The predicted octanol–water partition coefficient (Wildman–Crippen LogP) is 1.39. The van der Waals surface area contributed by atoms with Crippen LogP contribution < -0.4 is 5.32 Å². The van der Waals surface area contributed by atoms with Crippen LogP contribution in [0.4, 0.5) is 0 Å². The zero-order chi connectivity index (χ0) is 5.61. The molecule has 2 aliphatic rings. The summed E-state index contributed by atoms with van der Waals surface area (Å²) < 4.78 is 0. The highest BCUT2D eigenvalue weighted by Crippen LogP contribution is 2.60. The fourth-order valence-electron chi connectivity index (χ4n) is 1.94. The zero-order valence-electron chi connectivity index (χ0n) is 5.41. The Morgan fingerprint density at radius 3 is 2.50 bits per heavy atom. The van der Waals surface area contributed by atoms with Gasteiger partial charge in [0.1, 0.15) is 0 Å². The highest BCUT2D eigenvalue weighted by Gasteiger charge is 2.56. The van der Waals surface area contributed by atoms with Gasteiger partial charge < -0.3 is 5.32 Å². The fourth-order valence-corrected chi connectivity index (χ4v) is 1.94. The van der Waals surface area contributed by atoms with E-state index in [0.717, 1.165) is 11.5 Å². The maximum absolute atomic E-state index is 3.33. The van der Waals surface area contributed by atoms with Gasteiger partial charge in [0, 0.05) is 7.47 Å². The minimum Gasteiger partial charge on any atom is -0.316 e. The molecule has 0 aromatic heterocycles. The normalized spacial score (nSPS) is 39.4. The Labute approximate surface area is 52.0 Å². The Kier molecular flexibility index (Phi) is 0.762. The lowest BCUT2D eigenvalue weighted by Gasteiger charge is -2.26. The largest absolute Gasteiger partial charge is 0.316 e. The molecule has 1 nitrogen and oxygen atoms in total. The van der Waals surface area contributed by atoms with Crippen LogP contribution in [0.1, 0.15) is 27.1 Å². The van der Waals surface area contributed by atoms with Crippen molar-refractivity contribution < 1.29 is 1.43 Å². The van der Waals surface area contributed by atoms with Crippen LogP contribution in [0, 0.1) is 5.41 Å². The summed E-state index contributed by atoms with van der Waals surface area (Å²) >= 11 is 0. The van der Waals surface area contributed by atoms with Crippen LogP contribution in [0.15, 0.2) is 0 Å². The third-order valence-electron chi connectivity index (χ3n) is 2.89. The molecule has 2 aliphatic carbocycles. The molecule has 0 aromatic carbocycles. The second-order valence-electron chi connectivity index (χ2n) is 3.26. The lowest BCUT2D eigenvalue weighted by atomic mass is 9.81. The summed E-state index contributed by atoms with van der Waals surface area (Å²) in [5.41, 5.74) is 0.828. The van der Waals surface area contributed by atoms with Crippen molar-refractivity contribution in [3.63, 3.8) is 0 Å². The summed E-state index contributed by atoms with van der Waals surface area (Å²) in [4.78, 5) is 0. The lowest BCUT2D eigenvalue weighted by molar-refractivity contribution is 0.269. The molecule has 1 spiro atoms. The van der Waals surface area contributed by atoms with E-state index in [1.807, 2.05) is 0 Å². The van der Waals surface area contributed by atoms with E-state index in [1.165, 1.54) is 25.7 Å². The summed E-state index contributed by atoms with van der Waals surface area (Å²) in [6.45, 7) is 0. The van der Waals surface area contributed by atoms with Gasteiger partial charge in [-0.1, -0.05) is 6.42 Å². The first-order valence-corrected chi connectivity index (χ1v) is 3.55. The molecule has 0 saturated heterocycles. The highest BCUT2D eigenvalue weighted by atomic mass is 15.0. The number of hydrogen-bond acceptors (Lipinski definition) is 1. The second kappa shape index (κ2) is 1.27. The molecule has 1 atom stereocenters. The molecule has 0 radical (unpaired) electrons. The van der Waals surface area contributed by atoms with Gasteiger partial charge in [0.2, 0.25) is 0 Å². The van der Waals surface area contributed by atoms with Crippen LogP contribution in [-0.4, -0.2) is 13.1 Å². The predicted molar refractivity (Wildman–Crippen MR) is 35.9 cm³/mol. The number of hydrogen-bond donors (Lipinski definition) is 1. The van der Waals surface area contributed by atoms with Crippen LogP contribution in [-0.2, 0) is 0 Å². The van der Waals surface area contributed by atoms with E-state index < -0.39 is 0 Å². The molecule has 0 aromatic rings. The van der Waals surface area contributed by atoms with Gasteiger partial charge in [-0.2, -0.15) is 0 Å². The van der Waals surface area contributed by atoms with Crippen molar-refractivity contribution in [2.45, 2.75) is 31.7 Å². The van der Waals surface area contributed by atoms with Gasteiger partial charge in [-0.25, -0.2) is 0 Å². The van der Waals surface area contributed by atoms with Crippen molar-refractivity contribution in [3.05, 3.63) is 0 Å². The molecular weight excluding hydrogens is 98.1 g/mol. The molecule has 1 N–H and O–H groups in total. The Morgan fingerprint density at radius 2 is 2.38 bits per heavy atom. The third-order valence-corrected chi connectivity index (χ3v) is 2.89. The molecule has 8 heavy (non-hydrogen) atoms. The number of nitrogens with one attached hydrogen (secondary N) is 1. The Balaban J connectivity index is 0.000000405. The second-order valence-corrected chi connectivity index (χ2v) is 3.26. The first-order chi connectivity index (χ1) is 3.87. The molecule has 48 valence electrons. The molecule has 1 unspecified atom stereocenters. The quantitative estimate of drug-likeness (QED) is 0.542. The zero-order valence-corrected chi connectivity index (χ0v) is 5.41. The first kappa shape index (κ1) is 4.80. The fraction of sp³-hybridized carbons (Fsp3) is 1.00. The SMILES string of the molecule is CNC1CC12CCC2.[HH]. The molecule has 0 aliphatic heterocycles. The van der Waals surface area contributed by atoms with Gasteiger partial charge in [0.15, 0.2) is 0 Å². The van der Waals surface area contributed by atoms with Gasteiger partial charge in [0.05, 0.1) is 0 Å². The average Bonchev–Trinajstić information content (AvgIpc) is 2.36. The first-order valence-electron chi connectivity index (χ1n) is 3.55. The van der Waals surface area contributed by atoms with Crippen LogP contribution in [0.5, 0.6) is 0 Å². The molecule has 0 heterocycles. The molecule has 0 bridgehead atoms. The summed E-state index contributed by atoms with van der Waals surface area (Å²) in [5.74, 6) is 0. The van der Waals surface area contributed by atoms with Crippen molar-refractivity contribution in [2.75, 3.05) is 7.05 Å². The van der Waals surface area contributed by atoms with E-state index in [2.05, 4.69) is 12.4 Å². The standard InChI is InChI=1S/C7H13N.H2/c1-8-6-5-7(6)3-2-4-7;/h6,8H,2-5H2,1H3;1H. The monoisotopic (exact) mass is 113 g/mol. The van der Waals surface area contributed by atoms with Gasteiger partial charge in [0.25, 0.3) is 0 Å². The summed E-state index contributed by atoms with van der Waals surface area (Å²) in [6.07, 6.45) is 5.94. The number of rotatable bonds is 1. The maximum Gasteiger partial charge on any atom is 0.0127 e. The van der Waals surface area contributed by atoms with E-state index in [9.17, 15) is 0 Å². The Morgan fingerprint density at radius 1 is 1.62 bits per heavy atom. The molecule has 2 fully saturated rings. The molecule has 0 amide bonds. The average molecular weight is 113 g/mol. The van der Waals surface area contributed by atoms with Crippen molar-refractivity contribution in [3.8, 4) is 0 Å². The van der Waals surface area contributed by atoms with E-state index in [1.54, 1.807) is 0 Å². The van der Waals surface area contributed by atoms with Gasteiger partial charge >= 0.3 is 0 Å². The van der Waals surface area contributed by atoms with Crippen molar-refractivity contribution in [1.82, 2.24) is 5.32 Å². The summed E-state index contributed by atoms with van der Waals surface area (Å²) in [5, 5.41) is 3.33. The Hall–Kier alpha value is -0.0400. The molecular formula is C7H15N. The van der Waals surface area contributed by atoms with Crippen molar-refractivity contribution >= 4 is 0 Å². The topological polar surface area (TPSA) is 12.0 Å². The smallest absolute Gasteiger partial charge is 0.0127 e. The van der Waals surface area contributed by atoms with E-state index in [0.29, 0.717) is 0 Å². The molecule has 2 saturated carbocycles. The van der Waals surface area contributed by atoms with Gasteiger partial charge in [-0.05, 0) is 31.7 Å². The van der Waals surface area contributed by atoms with E-state index in [-0.39, 0.29) is 1.43 Å². The van der Waals surface area contributed by atoms with Crippen LogP contribution in [0.3, 0.4) is 0 Å². The Bertz CT molecular complexity index is 109. The van der Waals surface area contributed by atoms with E-state index >= 15 is 0 Å². The summed E-state index contributed by atoms with van der Waals surface area (Å²) in [7, 11) is 2.08. The van der Waals surface area contributed by atoms with Crippen LogP contribution in [0.25, 0.3) is 0 Å². The minimum absolute atomic E-state index is 0. The molecule has 1 heteroatoms. The third kappa shape index (κ3) is 0.408. The maximum atomic E-state index is 3.33. The van der Waals surface area contributed by atoms with Crippen LogP contribution in [0.2, 0.25) is 0 Å². The van der Waals surface area contributed by atoms with Crippen molar-refractivity contribution in [1.29, 1.82) is 0 Å². The highest BCUT2D eigenvalue weighted by molar-refractivity contribution is 5.11. The lowest BCUT2D eigenvalue weighted by Crippen LogP contribution is -2.24. The van der Waals surface area contributed by atoms with Gasteiger partial charge in [-0.15, -0.1) is 0 Å². The summed E-state index contributed by atoms with van der Waals surface area (Å²) in [6, 6.07) is 0.899. The van der Waals surface area contributed by atoms with Gasteiger partial charge in [-0.3, -0.25) is 0 Å². The minimum atomic E-state index is 0. The molecule has 2 rings (SSSR count). The van der Waals surface area contributed by atoms with Crippen molar-refractivity contribution in [2.24, 2.45) is 5.41 Å². The van der Waals surface area contributed by atoms with Crippen LogP contribution >= 0.6 is 0 Å².